The third-order valence-corrected chi connectivity index (χ3v) is 4.03. The van der Waals surface area contributed by atoms with E-state index in [9.17, 15) is 4.79 Å². The molecule has 4 N–H and O–H groups in total. The Morgan fingerprint density at radius 2 is 2.00 bits per heavy atom. The molecule has 0 aliphatic rings. The molecule has 0 bridgehead atoms. The third-order valence-electron chi connectivity index (χ3n) is 4.03. The van der Waals surface area contributed by atoms with Crippen LogP contribution < -0.4 is 16.4 Å². The lowest BCUT2D eigenvalue weighted by Gasteiger charge is -2.10. The molecular weight excluding hydrogens is 316 g/mol. The number of carbonyl (C=O) groups excluding carboxylic acids is 1. The molecule has 6 heteroatoms. The minimum Gasteiger partial charge on any atom is -0.446 e. The van der Waals surface area contributed by atoms with Gasteiger partial charge in [0.05, 0.1) is 6.04 Å². The molecular formula is C19H22N4O2. The van der Waals surface area contributed by atoms with Crippen LogP contribution in [0.4, 0.5) is 5.69 Å². The number of fused-ring (bicyclic) bond motifs is 1. The summed E-state index contributed by atoms with van der Waals surface area (Å²) < 4.78 is 5.25. The van der Waals surface area contributed by atoms with E-state index in [0.717, 1.165) is 11.1 Å². The number of oxazole rings is 1. The Balaban J connectivity index is 1.52. The van der Waals surface area contributed by atoms with Crippen LogP contribution in [0.25, 0.3) is 10.8 Å². The number of aromatic nitrogens is 1. The van der Waals surface area contributed by atoms with Crippen molar-refractivity contribution >= 4 is 22.4 Å². The number of hydrogen-bond donors (Lipinski definition) is 3. The minimum atomic E-state index is -0.283. The molecule has 6 nitrogen and oxygen atoms in total. The predicted octanol–water partition coefficient (Wildman–Crippen LogP) is 3.08. The summed E-state index contributed by atoms with van der Waals surface area (Å²) in [6.45, 7) is 3.02. The second-order valence-corrected chi connectivity index (χ2v) is 5.80. The lowest BCUT2D eigenvalue weighted by atomic mass is 10.1. The van der Waals surface area contributed by atoms with Crippen LogP contribution in [0.5, 0.6) is 0 Å². The van der Waals surface area contributed by atoms with Gasteiger partial charge in [-0.3, -0.25) is 4.79 Å². The monoisotopic (exact) mass is 338 g/mol. The van der Waals surface area contributed by atoms with E-state index < -0.39 is 0 Å². The van der Waals surface area contributed by atoms with Gasteiger partial charge >= 0.3 is 0 Å². The van der Waals surface area contributed by atoms with E-state index in [-0.39, 0.29) is 17.6 Å². The highest BCUT2D eigenvalue weighted by Crippen LogP contribution is 2.22. The Kier molecular flexibility index (Phi) is 5.30. The average molecular weight is 338 g/mol. The van der Waals surface area contributed by atoms with Gasteiger partial charge in [0.15, 0.2) is 5.69 Å². The van der Waals surface area contributed by atoms with Crippen molar-refractivity contribution in [2.75, 3.05) is 18.4 Å². The normalized spacial score (nSPS) is 12.1. The Morgan fingerprint density at radius 3 is 2.84 bits per heavy atom. The van der Waals surface area contributed by atoms with Crippen LogP contribution in [0.2, 0.25) is 0 Å². The number of nitrogens with two attached hydrogens (primary N) is 1. The maximum absolute atomic E-state index is 12.1. The van der Waals surface area contributed by atoms with Gasteiger partial charge in [-0.05, 0) is 17.9 Å². The SMILES string of the molecule is CCC(N)c1nc(C(=O)NCCNc2cccc3ccccc23)co1. The quantitative estimate of drug-likeness (QED) is 0.576. The van der Waals surface area contributed by atoms with Crippen molar-refractivity contribution in [3.8, 4) is 0 Å². The molecule has 3 aromatic rings. The molecule has 1 unspecified atom stereocenters. The number of benzene rings is 2. The van der Waals surface area contributed by atoms with E-state index in [2.05, 4.69) is 33.8 Å². The fraction of sp³-hybridized carbons (Fsp3) is 0.263. The summed E-state index contributed by atoms with van der Waals surface area (Å²) in [6.07, 6.45) is 2.05. The fourth-order valence-electron chi connectivity index (χ4n) is 2.58. The van der Waals surface area contributed by atoms with Crippen LogP contribution in [-0.4, -0.2) is 24.0 Å². The first-order valence-electron chi connectivity index (χ1n) is 8.40. The molecule has 0 aliphatic heterocycles. The number of carbonyl (C=O) groups is 1. The average Bonchev–Trinajstić information content (AvgIpc) is 3.15. The van der Waals surface area contributed by atoms with E-state index in [0.29, 0.717) is 25.4 Å². The van der Waals surface area contributed by atoms with Crippen LogP contribution in [0.1, 0.15) is 35.8 Å². The molecule has 1 heterocycles. The zero-order valence-electron chi connectivity index (χ0n) is 14.2. The number of anilines is 1. The van der Waals surface area contributed by atoms with Crippen LogP contribution in [0.3, 0.4) is 0 Å². The van der Waals surface area contributed by atoms with Crippen molar-refractivity contribution in [2.24, 2.45) is 5.73 Å². The fourth-order valence-corrected chi connectivity index (χ4v) is 2.58. The molecule has 0 aliphatic carbocycles. The second-order valence-electron chi connectivity index (χ2n) is 5.80. The number of rotatable bonds is 7. The lowest BCUT2D eigenvalue weighted by Crippen LogP contribution is -2.29. The van der Waals surface area contributed by atoms with Crippen molar-refractivity contribution in [1.82, 2.24) is 10.3 Å². The predicted molar refractivity (Wildman–Crippen MR) is 98.5 cm³/mol. The van der Waals surface area contributed by atoms with Crippen molar-refractivity contribution in [1.29, 1.82) is 0 Å². The Morgan fingerprint density at radius 1 is 1.20 bits per heavy atom. The van der Waals surface area contributed by atoms with Crippen molar-refractivity contribution in [2.45, 2.75) is 19.4 Å². The molecule has 0 spiro atoms. The highest BCUT2D eigenvalue weighted by molar-refractivity contribution is 5.94. The van der Waals surface area contributed by atoms with Gasteiger partial charge in [-0.1, -0.05) is 43.3 Å². The molecule has 130 valence electrons. The first kappa shape index (κ1) is 17.0. The summed E-state index contributed by atoms with van der Waals surface area (Å²) in [5.41, 5.74) is 7.14. The number of nitrogens with one attached hydrogen (secondary N) is 2. The summed E-state index contributed by atoms with van der Waals surface area (Å²) in [5, 5.41) is 8.51. The van der Waals surface area contributed by atoms with Crippen molar-refractivity contribution in [3.05, 3.63) is 60.3 Å². The zero-order chi connectivity index (χ0) is 17.6. The molecule has 0 radical (unpaired) electrons. The summed E-state index contributed by atoms with van der Waals surface area (Å²) in [4.78, 5) is 16.2. The van der Waals surface area contributed by atoms with E-state index in [4.69, 9.17) is 10.2 Å². The molecule has 1 atom stereocenters. The molecule has 1 amide bonds. The molecule has 0 fully saturated rings. The first-order valence-corrected chi connectivity index (χ1v) is 8.40. The summed E-state index contributed by atoms with van der Waals surface area (Å²) in [6, 6.07) is 14.0. The van der Waals surface area contributed by atoms with Crippen LogP contribution in [-0.2, 0) is 0 Å². The molecule has 2 aromatic carbocycles. The van der Waals surface area contributed by atoms with Gasteiger partial charge in [-0.15, -0.1) is 0 Å². The molecule has 25 heavy (non-hydrogen) atoms. The number of amides is 1. The molecule has 1 aromatic heterocycles. The largest absolute Gasteiger partial charge is 0.446 e. The Bertz CT molecular complexity index is 854. The molecule has 0 saturated heterocycles. The Hall–Kier alpha value is -2.86. The van der Waals surface area contributed by atoms with E-state index in [1.165, 1.54) is 11.6 Å². The van der Waals surface area contributed by atoms with E-state index in [1.54, 1.807) is 0 Å². The highest BCUT2D eigenvalue weighted by Gasteiger charge is 2.15. The van der Waals surface area contributed by atoms with E-state index in [1.807, 2.05) is 31.2 Å². The topological polar surface area (TPSA) is 93.2 Å². The maximum atomic E-state index is 12.1. The van der Waals surface area contributed by atoms with Crippen LogP contribution in [0, 0.1) is 0 Å². The standard InChI is InChI=1S/C19H22N4O2/c1-2-15(20)19-23-17(12-25-19)18(24)22-11-10-21-16-9-5-7-13-6-3-4-8-14(13)16/h3-9,12,15,21H,2,10-11,20H2,1H3,(H,22,24). The van der Waals surface area contributed by atoms with Gasteiger partial charge in [0.25, 0.3) is 5.91 Å². The second kappa shape index (κ2) is 7.81. The maximum Gasteiger partial charge on any atom is 0.273 e. The van der Waals surface area contributed by atoms with Crippen molar-refractivity contribution < 1.29 is 9.21 Å². The minimum absolute atomic E-state index is 0.254. The lowest BCUT2D eigenvalue weighted by molar-refractivity contribution is 0.0950. The molecule has 0 saturated carbocycles. The smallest absolute Gasteiger partial charge is 0.273 e. The number of nitrogens with zero attached hydrogens (tertiary/aromatic N) is 1. The van der Waals surface area contributed by atoms with Gasteiger partial charge < -0.3 is 20.8 Å². The van der Waals surface area contributed by atoms with Gasteiger partial charge in [0.1, 0.15) is 6.26 Å². The third kappa shape index (κ3) is 3.97. The zero-order valence-corrected chi connectivity index (χ0v) is 14.2. The first-order chi connectivity index (χ1) is 12.2. The summed E-state index contributed by atoms with van der Waals surface area (Å²) in [5.74, 6) is 0.125. The summed E-state index contributed by atoms with van der Waals surface area (Å²) in [7, 11) is 0. The van der Waals surface area contributed by atoms with Crippen LogP contribution in [0.15, 0.2) is 53.1 Å². The van der Waals surface area contributed by atoms with Gasteiger partial charge in [-0.2, -0.15) is 0 Å². The van der Waals surface area contributed by atoms with Crippen molar-refractivity contribution in [3.63, 3.8) is 0 Å². The van der Waals surface area contributed by atoms with Crippen LogP contribution >= 0.6 is 0 Å². The Labute approximate surface area is 146 Å². The number of hydrogen-bond acceptors (Lipinski definition) is 5. The van der Waals surface area contributed by atoms with Gasteiger partial charge in [0.2, 0.25) is 5.89 Å². The van der Waals surface area contributed by atoms with Gasteiger partial charge in [0, 0.05) is 24.2 Å². The van der Waals surface area contributed by atoms with Gasteiger partial charge in [-0.25, -0.2) is 4.98 Å². The molecule has 3 rings (SSSR count). The highest BCUT2D eigenvalue weighted by atomic mass is 16.3. The summed E-state index contributed by atoms with van der Waals surface area (Å²) >= 11 is 0. The van der Waals surface area contributed by atoms with E-state index >= 15 is 0 Å².